The standard InChI is InChI=1S/C7H5BrClF2N/c1-3-2-4(9)5(7(10)11)12-6(3)8/h2,7H,1H3. The van der Waals surface area contributed by atoms with Gasteiger partial charge < -0.3 is 0 Å². The van der Waals surface area contributed by atoms with E-state index in [-0.39, 0.29) is 10.7 Å². The topological polar surface area (TPSA) is 12.9 Å². The maximum atomic E-state index is 12.2. The van der Waals surface area contributed by atoms with Crippen LogP contribution < -0.4 is 0 Å². The highest BCUT2D eigenvalue weighted by Crippen LogP contribution is 2.28. The Morgan fingerprint density at radius 1 is 1.58 bits per heavy atom. The van der Waals surface area contributed by atoms with E-state index in [0.717, 1.165) is 5.56 Å². The second-order valence-corrected chi connectivity index (χ2v) is 3.42. The molecule has 1 aromatic rings. The lowest BCUT2D eigenvalue weighted by atomic mass is 10.3. The summed E-state index contributed by atoms with van der Waals surface area (Å²) in [5.74, 6) is 0. The fraction of sp³-hybridized carbons (Fsp3) is 0.286. The maximum Gasteiger partial charge on any atom is 0.281 e. The molecule has 1 rings (SSSR count). The van der Waals surface area contributed by atoms with Crippen LogP contribution in [0, 0.1) is 6.92 Å². The van der Waals surface area contributed by atoms with E-state index in [1.165, 1.54) is 6.07 Å². The molecule has 0 aliphatic heterocycles. The van der Waals surface area contributed by atoms with Crippen LogP contribution in [0.1, 0.15) is 17.7 Å². The largest absolute Gasteiger partial charge is 0.281 e. The highest BCUT2D eigenvalue weighted by molar-refractivity contribution is 9.10. The van der Waals surface area contributed by atoms with Crippen LogP contribution in [0.5, 0.6) is 0 Å². The highest BCUT2D eigenvalue weighted by atomic mass is 79.9. The molecule has 0 aromatic carbocycles. The summed E-state index contributed by atoms with van der Waals surface area (Å²) >= 11 is 8.58. The molecule has 0 bridgehead atoms. The van der Waals surface area contributed by atoms with Gasteiger partial charge in [0.2, 0.25) is 0 Å². The molecule has 0 amide bonds. The van der Waals surface area contributed by atoms with Crippen LogP contribution in [-0.2, 0) is 0 Å². The van der Waals surface area contributed by atoms with Gasteiger partial charge in [0.05, 0.1) is 5.02 Å². The van der Waals surface area contributed by atoms with E-state index in [1.807, 2.05) is 0 Å². The molecule has 0 aliphatic carbocycles. The van der Waals surface area contributed by atoms with Gasteiger partial charge in [0, 0.05) is 0 Å². The normalized spacial score (nSPS) is 10.8. The van der Waals surface area contributed by atoms with Crippen molar-refractivity contribution in [2.24, 2.45) is 0 Å². The minimum absolute atomic E-state index is 0.00528. The molecule has 0 atom stereocenters. The van der Waals surface area contributed by atoms with Crippen molar-refractivity contribution in [1.29, 1.82) is 0 Å². The molecule has 0 aliphatic rings. The number of pyridine rings is 1. The Kier molecular flexibility index (Phi) is 3.01. The van der Waals surface area contributed by atoms with E-state index < -0.39 is 6.43 Å². The number of alkyl halides is 2. The summed E-state index contributed by atoms with van der Waals surface area (Å²) in [4.78, 5) is 3.61. The monoisotopic (exact) mass is 255 g/mol. The first kappa shape index (κ1) is 9.86. The molecule has 0 fully saturated rings. The Hall–Kier alpha value is -0.220. The third kappa shape index (κ3) is 1.93. The van der Waals surface area contributed by atoms with Gasteiger partial charge in [-0.15, -0.1) is 0 Å². The Bertz CT molecular complexity index is 304. The minimum Gasteiger partial charge on any atom is -0.238 e. The summed E-state index contributed by atoms with van der Waals surface area (Å²) in [5.41, 5.74) is 0.360. The van der Waals surface area contributed by atoms with Gasteiger partial charge in [-0.05, 0) is 34.5 Å². The molecular weight excluding hydrogens is 251 g/mol. The highest BCUT2D eigenvalue weighted by Gasteiger charge is 2.15. The number of hydrogen-bond donors (Lipinski definition) is 0. The summed E-state index contributed by atoms with van der Waals surface area (Å²) in [6.07, 6.45) is -2.63. The van der Waals surface area contributed by atoms with E-state index in [0.29, 0.717) is 4.60 Å². The lowest BCUT2D eigenvalue weighted by Crippen LogP contribution is -1.94. The van der Waals surface area contributed by atoms with Crippen molar-refractivity contribution in [2.75, 3.05) is 0 Å². The first-order valence-electron chi connectivity index (χ1n) is 3.13. The molecule has 5 heteroatoms. The van der Waals surface area contributed by atoms with Gasteiger partial charge in [0.25, 0.3) is 6.43 Å². The molecule has 1 nitrogen and oxygen atoms in total. The molecule has 0 spiro atoms. The van der Waals surface area contributed by atoms with Crippen molar-refractivity contribution in [3.8, 4) is 0 Å². The van der Waals surface area contributed by atoms with Crippen molar-refractivity contribution < 1.29 is 8.78 Å². The Labute approximate surface area is 81.9 Å². The van der Waals surface area contributed by atoms with Gasteiger partial charge in [0.1, 0.15) is 10.3 Å². The van der Waals surface area contributed by atoms with Crippen LogP contribution in [0.2, 0.25) is 5.02 Å². The molecule has 12 heavy (non-hydrogen) atoms. The first-order chi connectivity index (χ1) is 5.52. The molecule has 0 saturated heterocycles. The fourth-order valence-corrected chi connectivity index (χ4v) is 1.32. The third-order valence-electron chi connectivity index (χ3n) is 1.34. The molecule has 66 valence electrons. The van der Waals surface area contributed by atoms with Crippen LogP contribution in [0.3, 0.4) is 0 Å². The summed E-state index contributed by atoms with van der Waals surface area (Å²) in [5, 5.41) is 0.00528. The maximum absolute atomic E-state index is 12.2. The van der Waals surface area contributed by atoms with Crippen LogP contribution in [0.25, 0.3) is 0 Å². The van der Waals surface area contributed by atoms with E-state index >= 15 is 0 Å². The number of aromatic nitrogens is 1. The molecule has 0 unspecified atom stereocenters. The lowest BCUT2D eigenvalue weighted by molar-refractivity contribution is 0.146. The second kappa shape index (κ2) is 3.66. The third-order valence-corrected chi connectivity index (χ3v) is 2.44. The summed E-state index contributed by atoms with van der Waals surface area (Å²) < 4.78 is 24.7. The second-order valence-electron chi connectivity index (χ2n) is 2.26. The fourth-order valence-electron chi connectivity index (χ4n) is 0.724. The Morgan fingerprint density at radius 3 is 2.67 bits per heavy atom. The number of hydrogen-bond acceptors (Lipinski definition) is 1. The zero-order valence-electron chi connectivity index (χ0n) is 6.11. The Balaban J connectivity index is 3.23. The van der Waals surface area contributed by atoms with Crippen LogP contribution in [-0.4, -0.2) is 4.98 Å². The number of rotatable bonds is 1. The predicted molar refractivity (Wildman–Crippen MR) is 46.6 cm³/mol. The van der Waals surface area contributed by atoms with Gasteiger partial charge in [-0.3, -0.25) is 0 Å². The average Bonchev–Trinajstić information content (AvgIpc) is 1.96. The van der Waals surface area contributed by atoms with Gasteiger partial charge >= 0.3 is 0 Å². The van der Waals surface area contributed by atoms with Gasteiger partial charge in [-0.2, -0.15) is 0 Å². The van der Waals surface area contributed by atoms with Crippen LogP contribution in [0.15, 0.2) is 10.7 Å². The van der Waals surface area contributed by atoms with Crippen molar-refractivity contribution >= 4 is 27.5 Å². The zero-order chi connectivity index (χ0) is 9.30. The molecule has 1 heterocycles. The van der Waals surface area contributed by atoms with Crippen molar-refractivity contribution in [3.05, 3.63) is 26.9 Å². The molecule has 0 radical (unpaired) electrons. The smallest absolute Gasteiger partial charge is 0.238 e. The molecular formula is C7H5BrClF2N. The van der Waals surface area contributed by atoms with Gasteiger partial charge in [-0.25, -0.2) is 13.8 Å². The van der Waals surface area contributed by atoms with Crippen molar-refractivity contribution in [2.45, 2.75) is 13.3 Å². The molecule has 1 aromatic heterocycles. The molecule has 0 saturated carbocycles. The summed E-state index contributed by atoms with van der Waals surface area (Å²) in [6, 6.07) is 1.46. The summed E-state index contributed by atoms with van der Waals surface area (Å²) in [7, 11) is 0. The van der Waals surface area contributed by atoms with Gasteiger partial charge in [0.15, 0.2) is 0 Å². The lowest BCUT2D eigenvalue weighted by Gasteiger charge is -2.04. The van der Waals surface area contributed by atoms with Crippen molar-refractivity contribution in [1.82, 2.24) is 4.98 Å². The zero-order valence-corrected chi connectivity index (χ0v) is 8.46. The quantitative estimate of drug-likeness (QED) is 0.698. The van der Waals surface area contributed by atoms with Crippen LogP contribution >= 0.6 is 27.5 Å². The molecule has 0 N–H and O–H groups in total. The summed E-state index contributed by atoms with van der Waals surface area (Å²) in [6.45, 7) is 1.73. The Morgan fingerprint density at radius 2 is 2.17 bits per heavy atom. The van der Waals surface area contributed by atoms with E-state index in [9.17, 15) is 8.78 Å². The number of halogens is 4. The number of aryl methyl sites for hydroxylation is 1. The number of nitrogens with zero attached hydrogens (tertiary/aromatic N) is 1. The van der Waals surface area contributed by atoms with E-state index in [1.54, 1.807) is 6.92 Å². The van der Waals surface area contributed by atoms with Gasteiger partial charge in [-0.1, -0.05) is 11.6 Å². The van der Waals surface area contributed by atoms with E-state index in [4.69, 9.17) is 11.6 Å². The minimum atomic E-state index is -2.63. The predicted octanol–water partition coefficient (Wildman–Crippen LogP) is 3.74. The van der Waals surface area contributed by atoms with Crippen molar-refractivity contribution in [3.63, 3.8) is 0 Å². The SMILES string of the molecule is Cc1cc(Cl)c(C(F)F)nc1Br. The average molecular weight is 256 g/mol. The van der Waals surface area contributed by atoms with E-state index in [2.05, 4.69) is 20.9 Å². The van der Waals surface area contributed by atoms with Crippen LogP contribution in [0.4, 0.5) is 8.78 Å². The first-order valence-corrected chi connectivity index (χ1v) is 4.30.